The Labute approximate surface area is 223 Å². The second kappa shape index (κ2) is 10.4. The maximum atomic E-state index is 13.0. The van der Waals surface area contributed by atoms with Gasteiger partial charge in [-0.05, 0) is 61.4 Å². The second-order valence-electron chi connectivity index (χ2n) is 9.63. The number of ether oxygens (including phenoxy) is 1. The lowest BCUT2D eigenvalue weighted by atomic mass is 9.96. The van der Waals surface area contributed by atoms with Crippen LogP contribution in [0.1, 0.15) is 32.1 Å². The molecule has 9 heteroatoms. The lowest BCUT2D eigenvalue weighted by Gasteiger charge is -2.22. The molecule has 0 unspecified atom stereocenters. The molecule has 0 radical (unpaired) electrons. The molecule has 6 nitrogen and oxygen atoms in total. The summed E-state index contributed by atoms with van der Waals surface area (Å²) in [7, 11) is 0. The second-order valence-corrected chi connectivity index (χ2v) is 9.63. The first-order valence-corrected chi connectivity index (χ1v) is 13.0. The average Bonchev–Trinajstić information content (AvgIpc) is 2.92. The maximum absolute atomic E-state index is 13.0. The summed E-state index contributed by atoms with van der Waals surface area (Å²) in [4.78, 5) is 14.3. The van der Waals surface area contributed by atoms with E-state index in [2.05, 4.69) is 15.0 Å². The van der Waals surface area contributed by atoms with Crippen molar-refractivity contribution < 1.29 is 17.9 Å². The summed E-state index contributed by atoms with van der Waals surface area (Å²) in [5, 5.41) is 4.22. The van der Waals surface area contributed by atoms with Crippen molar-refractivity contribution >= 4 is 22.4 Å². The van der Waals surface area contributed by atoms with Gasteiger partial charge in [-0.2, -0.15) is 0 Å². The number of para-hydroxylation sites is 2. The van der Waals surface area contributed by atoms with E-state index in [0.29, 0.717) is 16.9 Å². The van der Waals surface area contributed by atoms with E-state index in [1.165, 1.54) is 18.6 Å². The molecule has 6 rings (SSSR count). The van der Waals surface area contributed by atoms with Crippen molar-refractivity contribution in [3.05, 3.63) is 90.5 Å². The van der Waals surface area contributed by atoms with E-state index >= 15 is 0 Å². The predicted molar refractivity (Wildman–Crippen MR) is 144 cm³/mol. The van der Waals surface area contributed by atoms with Gasteiger partial charge in [0.1, 0.15) is 5.75 Å². The first-order valence-electron chi connectivity index (χ1n) is 13.0. The van der Waals surface area contributed by atoms with Crippen LogP contribution in [0.2, 0.25) is 0 Å². The Hall–Kier alpha value is -4.40. The normalized spacial score (nSPS) is 15.1. The minimum atomic E-state index is -4.79. The van der Waals surface area contributed by atoms with Crippen LogP contribution in [0.25, 0.3) is 28.1 Å². The Morgan fingerprint density at radius 2 is 1.77 bits per heavy atom. The van der Waals surface area contributed by atoms with Gasteiger partial charge >= 0.3 is 6.36 Å². The molecule has 39 heavy (non-hydrogen) atoms. The van der Waals surface area contributed by atoms with Gasteiger partial charge in [-0.1, -0.05) is 37.5 Å². The fourth-order valence-electron chi connectivity index (χ4n) is 5.15. The Morgan fingerprint density at radius 3 is 2.56 bits per heavy atom. The molecule has 0 bridgehead atoms. The van der Waals surface area contributed by atoms with Crippen molar-refractivity contribution in [3.63, 3.8) is 0 Å². The summed E-state index contributed by atoms with van der Waals surface area (Å²) in [6.07, 6.45) is 4.23. The minimum Gasteiger partial charge on any atom is -0.406 e. The summed E-state index contributed by atoms with van der Waals surface area (Å²) in [5.41, 5.74) is 5.00. The van der Waals surface area contributed by atoms with Gasteiger partial charge in [0.05, 0.1) is 51.4 Å². The van der Waals surface area contributed by atoms with Crippen LogP contribution in [0.4, 0.5) is 24.5 Å². The average molecular weight is 530 g/mol. The van der Waals surface area contributed by atoms with Crippen LogP contribution < -0.4 is 15.4 Å². The largest absolute Gasteiger partial charge is 0.573 e. The van der Waals surface area contributed by atoms with E-state index in [1.807, 2.05) is 53.1 Å². The fraction of sp³-hybridized carbons (Fsp3) is 0.233. The molecule has 1 N–H and O–H groups in total. The number of halogens is 3. The maximum Gasteiger partial charge on any atom is 0.573 e. The van der Waals surface area contributed by atoms with Gasteiger partial charge in [0.15, 0.2) is 0 Å². The highest BCUT2D eigenvalue weighted by molar-refractivity contribution is 5.84. The molecule has 3 aliphatic rings. The van der Waals surface area contributed by atoms with Crippen LogP contribution >= 0.6 is 0 Å². The number of fused-ring (bicyclic) bond motifs is 2. The van der Waals surface area contributed by atoms with Gasteiger partial charge in [-0.25, -0.2) is 4.98 Å². The number of rotatable bonds is 5. The smallest absolute Gasteiger partial charge is 0.406 e. The highest BCUT2D eigenvalue weighted by atomic mass is 19.4. The summed E-state index contributed by atoms with van der Waals surface area (Å²) in [5.74, 6) is -0.288. The number of nitrogens with zero attached hydrogens (tertiary/aromatic N) is 4. The van der Waals surface area contributed by atoms with Gasteiger partial charge in [-0.15, -0.1) is 13.2 Å². The first kappa shape index (κ1) is 24.9. The molecule has 1 fully saturated rings. The van der Waals surface area contributed by atoms with Gasteiger partial charge in [0.2, 0.25) is 0 Å². The Balaban J connectivity index is 1.59. The summed E-state index contributed by atoms with van der Waals surface area (Å²) < 4.78 is 45.2. The Bertz CT molecular complexity index is 1640. The number of pyridine rings is 1. The number of aromatic nitrogens is 3. The van der Waals surface area contributed by atoms with Crippen molar-refractivity contribution in [2.24, 2.45) is 4.99 Å². The van der Waals surface area contributed by atoms with E-state index in [1.54, 1.807) is 24.5 Å². The molecule has 0 atom stereocenters. The van der Waals surface area contributed by atoms with Crippen molar-refractivity contribution in [1.29, 1.82) is 0 Å². The fourth-order valence-corrected chi connectivity index (χ4v) is 5.15. The molecule has 2 heterocycles. The number of hydrogen-bond acceptors (Lipinski definition) is 5. The number of nitrogens with one attached hydrogen (secondary N) is 1. The standard InChI is InChI=1S/C30H26F3N5O/c31-30(32,33)39-23-12-6-11-22(16-23)38-28-14-5-4-13-24(28)37-27-17-25(36-21-10-7-15-34-19-21)26(18-29(27)38)35-20-8-2-1-3-9-20/h4-7,10-20,36H,1-3,8-9H2/b35-26+. The van der Waals surface area contributed by atoms with E-state index in [0.717, 1.165) is 53.6 Å². The van der Waals surface area contributed by atoms with Gasteiger partial charge in [0, 0.05) is 18.0 Å². The zero-order valence-corrected chi connectivity index (χ0v) is 21.0. The quantitative estimate of drug-likeness (QED) is 0.241. The summed E-state index contributed by atoms with van der Waals surface area (Å²) in [6.45, 7) is 0. The predicted octanol–water partition coefficient (Wildman–Crippen LogP) is 7.40. The molecule has 0 saturated heterocycles. The highest BCUT2D eigenvalue weighted by Gasteiger charge is 2.31. The van der Waals surface area contributed by atoms with Gasteiger partial charge < -0.3 is 14.6 Å². The van der Waals surface area contributed by atoms with Crippen molar-refractivity contribution in [2.75, 3.05) is 5.32 Å². The third-order valence-corrected chi connectivity index (χ3v) is 6.84. The van der Waals surface area contributed by atoms with E-state index < -0.39 is 6.36 Å². The molecule has 1 aliphatic heterocycles. The van der Waals surface area contributed by atoms with Crippen molar-refractivity contribution in [3.8, 4) is 22.8 Å². The Kier molecular flexibility index (Phi) is 6.64. The minimum absolute atomic E-state index is 0.205. The van der Waals surface area contributed by atoms with E-state index in [4.69, 9.17) is 9.98 Å². The zero-order chi connectivity index (χ0) is 26.8. The van der Waals surface area contributed by atoms with Crippen LogP contribution in [0.5, 0.6) is 5.75 Å². The molecular weight excluding hydrogens is 503 g/mol. The lowest BCUT2D eigenvalue weighted by molar-refractivity contribution is -0.274. The zero-order valence-electron chi connectivity index (χ0n) is 21.0. The topological polar surface area (TPSA) is 64.3 Å². The monoisotopic (exact) mass is 529 g/mol. The van der Waals surface area contributed by atoms with Crippen LogP contribution in [-0.4, -0.2) is 26.9 Å². The molecular formula is C30H26F3N5O. The number of anilines is 2. The van der Waals surface area contributed by atoms with Crippen LogP contribution in [-0.2, 0) is 0 Å². The lowest BCUT2D eigenvalue weighted by Crippen LogP contribution is -2.19. The highest BCUT2D eigenvalue weighted by Crippen LogP contribution is 2.33. The molecule has 0 spiro atoms. The van der Waals surface area contributed by atoms with Gasteiger partial charge in [0.25, 0.3) is 0 Å². The number of benzene rings is 3. The third-order valence-electron chi connectivity index (χ3n) is 6.84. The van der Waals surface area contributed by atoms with Crippen LogP contribution in [0.3, 0.4) is 0 Å². The van der Waals surface area contributed by atoms with Gasteiger partial charge in [-0.3, -0.25) is 9.98 Å². The summed E-state index contributed by atoms with van der Waals surface area (Å²) in [6, 6.07) is 21.5. The van der Waals surface area contributed by atoms with Crippen LogP contribution in [0, 0.1) is 0 Å². The first-order chi connectivity index (χ1) is 18.9. The molecule has 3 aromatic rings. The van der Waals surface area contributed by atoms with E-state index in [9.17, 15) is 13.2 Å². The van der Waals surface area contributed by atoms with E-state index in [-0.39, 0.29) is 11.8 Å². The molecule has 2 aromatic carbocycles. The third kappa shape index (κ3) is 5.57. The molecule has 1 saturated carbocycles. The number of alkyl halides is 3. The van der Waals surface area contributed by atoms with Crippen molar-refractivity contribution in [1.82, 2.24) is 14.5 Å². The molecule has 2 aliphatic carbocycles. The molecule has 1 aromatic heterocycles. The molecule has 0 amide bonds. The summed E-state index contributed by atoms with van der Waals surface area (Å²) >= 11 is 0. The molecule has 198 valence electrons. The SMILES string of the molecule is FC(F)(F)Oc1cccc(-n2c3c/c(=N\C4CCCCC4)c(Nc4cccnc4)cc-3nc3ccccc32)c1. The van der Waals surface area contributed by atoms with Crippen LogP contribution in [0.15, 0.2) is 90.2 Å². The van der Waals surface area contributed by atoms with Crippen molar-refractivity contribution in [2.45, 2.75) is 44.5 Å². The number of hydrogen-bond donors (Lipinski definition) is 1. The Morgan fingerprint density at radius 1 is 0.923 bits per heavy atom.